The maximum Gasteiger partial charge on any atom is 0.313 e. The van der Waals surface area contributed by atoms with Gasteiger partial charge in [0.2, 0.25) is 0 Å². The van der Waals surface area contributed by atoms with E-state index < -0.39 is 23.4 Å². The van der Waals surface area contributed by atoms with Gasteiger partial charge in [0.05, 0.1) is 5.56 Å². The number of carbonyl (C=O) groups excluding carboxylic acids is 3. The van der Waals surface area contributed by atoms with Crippen molar-refractivity contribution < 1.29 is 23.2 Å². The van der Waals surface area contributed by atoms with Crippen molar-refractivity contribution in [3.8, 4) is 0 Å². The van der Waals surface area contributed by atoms with E-state index >= 15 is 0 Å². The minimum Gasteiger partial charge on any atom is -0.348 e. The molecular weight excluding hydrogens is 380 g/mol. The smallest absolute Gasteiger partial charge is 0.313 e. The molecule has 1 aliphatic rings. The first kappa shape index (κ1) is 20.4. The maximum atomic E-state index is 13.8. The summed E-state index contributed by atoms with van der Waals surface area (Å²) >= 11 is 0. The summed E-state index contributed by atoms with van der Waals surface area (Å²) in [5.41, 5.74) is 0.378. The summed E-state index contributed by atoms with van der Waals surface area (Å²) in [6.07, 6.45) is 1.28. The van der Waals surface area contributed by atoms with E-state index in [4.69, 9.17) is 0 Å². The summed E-state index contributed by atoms with van der Waals surface area (Å²) in [6, 6.07) is 11.0. The first-order valence-electron chi connectivity index (χ1n) is 9.32. The van der Waals surface area contributed by atoms with Crippen molar-refractivity contribution >= 4 is 23.4 Å². The van der Waals surface area contributed by atoms with Gasteiger partial charge < -0.3 is 15.5 Å². The van der Waals surface area contributed by atoms with Crippen LogP contribution in [0.15, 0.2) is 48.5 Å². The van der Waals surface area contributed by atoms with Crippen molar-refractivity contribution in [3.63, 3.8) is 0 Å². The fraction of sp³-hybridized carbons (Fsp3) is 0.286. The molecule has 0 aliphatic carbocycles. The molecule has 29 heavy (non-hydrogen) atoms. The number of hydrogen-bond donors (Lipinski definition) is 2. The van der Waals surface area contributed by atoms with Crippen LogP contribution in [0.2, 0.25) is 0 Å². The van der Waals surface area contributed by atoms with E-state index in [1.165, 1.54) is 42.5 Å². The van der Waals surface area contributed by atoms with Crippen LogP contribution in [0.5, 0.6) is 0 Å². The Morgan fingerprint density at radius 2 is 1.59 bits per heavy atom. The SMILES string of the molecule is O=C(NCC1CCN(C(=O)c2ccccc2F)CC1)C(=O)Nc1ccc(F)cc1. The Morgan fingerprint density at radius 1 is 0.931 bits per heavy atom. The van der Waals surface area contributed by atoms with Crippen molar-refractivity contribution in [1.82, 2.24) is 10.2 Å². The van der Waals surface area contributed by atoms with Crippen LogP contribution in [0, 0.1) is 17.6 Å². The summed E-state index contributed by atoms with van der Waals surface area (Å²) in [5, 5.41) is 4.98. The third-order valence-electron chi connectivity index (χ3n) is 4.87. The lowest BCUT2D eigenvalue weighted by atomic mass is 9.96. The third kappa shape index (κ3) is 5.37. The van der Waals surface area contributed by atoms with Gasteiger partial charge in [-0.3, -0.25) is 14.4 Å². The van der Waals surface area contributed by atoms with Crippen LogP contribution in [0.4, 0.5) is 14.5 Å². The van der Waals surface area contributed by atoms with E-state index in [-0.39, 0.29) is 17.4 Å². The van der Waals surface area contributed by atoms with E-state index in [9.17, 15) is 23.2 Å². The van der Waals surface area contributed by atoms with Crippen LogP contribution >= 0.6 is 0 Å². The third-order valence-corrected chi connectivity index (χ3v) is 4.87. The Bertz CT molecular complexity index is 894. The molecule has 1 heterocycles. The van der Waals surface area contributed by atoms with Crippen molar-refractivity contribution in [3.05, 3.63) is 65.7 Å². The molecule has 1 aliphatic heterocycles. The summed E-state index contributed by atoms with van der Waals surface area (Å²) in [7, 11) is 0. The van der Waals surface area contributed by atoms with E-state index in [0.29, 0.717) is 38.2 Å². The minimum absolute atomic E-state index is 0.0525. The standard InChI is InChI=1S/C21H21F2N3O3/c22-15-5-7-16(8-6-15)25-20(28)19(27)24-13-14-9-11-26(12-10-14)21(29)17-3-1-2-4-18(17)23/h1-8,14H,9-13H2,(H,24,27)(H,25,28). The predicted octanol–water partition coefficient (Wildman–Crippen LogP) is 2.57. The molecule has 0 saturated carbocycles. The number of amides is 3. The number of carbonyl (C=O) groups is 3. The van der Waals surface area contributed by atoms with E-state index in [1.54, 1.807) is 11.0 Å². The molecule has 0 spiro atoms. The van der Waals surface area contributed by atoms with Crippen LogP contribution < -0.4 is 10.6 Å². The molecule has 0 unspecified atom stereocenters. The van der Waals surface area contributed by atoms with Crippen molar-refractivity contribution in [2.45, 2.75) is 12.8 Å². The minimum atomic E-state index is -0.830. The number of hydrogen-bond acceptors (Lipinski definition) is 3. The molecule has 0 aromatic heterocycles. The summed E-state index contributed by atoms with van der Waals surface area (Å²) in [4.78, 5) is 37.9. The second-order valence-electron chi connectivity index (χ2n) is 6.89. The van der Waals surface area contributed by atoms with Crippen LogP contribution in [-0.4, -0.2) is 42.3 Å². The molecule has 2 aromatic rings. The quantitative estimate of drug-likeness (QED) is 0.773. The van der Waals surface area contributed by atoms with Crippen molar-refractivity contribution in [2.75, 3.05) is 25.0 Å². The Hall–Kier alpha value is -3.29. The predicted molar refractivity (Wildman–Crippen MR) is 103 cm³/mol. The Labute approximate surface area is 166 Å². The van der Waals surface area contributed by atoms with Gasteiger partial charge in [-0.05, 0) is 55.2 Å². The average molecular weight is 401 g/mol. The first-order valence-corrected chi connectivity index (χ1v) is 9.32. The van der Waals surface area contributed by atoms with Crippen molar-refractivity contribution in [1.29, 1.82) is 0 Å². The molecule has 3 amide bonds. The Balaban J connectivity index is 1.43. The van der Waals surface area contributed by atoms with E-state index in [1.807, 2.05) is 0 Å². The van der Waals surface area contributed by atoms with Gasteiger partial charge in [-0.1, -0.05) is 12.1 Å². The second-order valence-corrected chi connectivity index (χ2v) is 6.89. The van der Waals surface area contributed by atoms with Crippen molar-refractivity contribution in [2.24, 2.45) is 5.92 Å². The van der Waals surface area contributed by atoms with Gasteiger partial charge in [-0.25, -0.2) is 8.78 Å². The molecule has 0 bridgehead atoms. The van der Waals surface area contributed by atoms with Gasteiger partial charge in [0.1, 0.15) is 11.6 Å². The highest BCUT2D eigenvalue weighted by Crippen LogP contribution is 2.19. The Morgan fingerprint density at radius 3 is 2.24 bits per heavy atom. The number of likely N-dealkylation sites (tertiary alicyclic amines) is 1. The van der Waals surface area contributed by atoms with Gasteiger partial charge in [0.25, 0.3) is 5.91 Å². The number of anilines is 1. The number of halogens is 2. The number of nitrogens with zero attached hydrogens (tertiary/aromatic N) is 1. The topological polar surface area (TPSA) is 78.5 Å². The van der Waals surface area contributed by atoms with Gasteiger partial charge in [-0.2, -0.15) is 0 Å². The summed E-state index contributed by atoms with van der Waals surface area (Å²) < 4.78 is 26.6. The molecule has 8 heteroatoms. The largest absolute Gasteiger partial charge is 0.348 e. The van der Waals surface area contributed by atoms with Crippen LogP contribution in [0.1, 0.15) is 23.2 Å². The van der Waals surface area contributed by atoms with Crippen LogP contribution in [0.25, 0.3) is 0 Å². The van der Waals surface area contributed by atoms with Crippen LogP contribution in [-0.2, 0) is 9.59 Å². The highest BCUT2D eigenvalue weighted by molar-refractivity contribution is 6.39. The molecule has 3 rings (SSSR count). The highest BCUT2D eigenvalue weighted by atomic mass is 19.1. The molecular formula is C21H21F2N3O3. The number of piperidine rings is 1. The summed E-state index contributed by atoms with van der Waals surface area (Å²) in [5.74, 6) is -2.82. The van der Waals surface area contributed by atoms with Crippen LogP contribution in [0.3, 0.4) is 0 Å². The zero-order chi connectivity index (χ0) is 20.8. The van der Waals surface area contributed by atoms with Gasteiger partial charge in [-0.15, -0.1) is 0 Å². The molecule has 6 nitrogen and oxygen atoms in total. The molecule has 2 N–H and O–H groups in total. The molecule has 2 aromatic carbocycles. The lowest BCUT2D eigenvalue weighted by Crippen LogP contribution is -2.43. The zero-order valence-corrected chi connectivity index (χ0v) is 15.7. The first-order chi connectivity index (χ1) is 13.9. The van der Waals surface area contributed by atoms with E-state index in [2.05, 4.69) is 10.6 Å². The normalized spacial score (nSPS) is 14.3. The fourth-order valence-electron chi connectivity index (χ4n) is 3.18. The summed E-state index contributed by atoms with van der Waals surface area (Å²) in [6.45, 7) is 1.21. The van der Waals surface area contributed by atoms with E-state index in [0.717, 1.165) is 0 Å². The monoisotopic (exact) mass is 401 g/mol. The fourth-order valence-corrected chi connectivity index (χ4v) is 3.18. The lowest BCUT2D eigenvalue weighted by Gasteiger charge is -2.32. The molecule has 152 valence electrons. The number of benzene rings is 2. The second kappa shape index (κ2) is 9.27. The number of rotatable bonds is 4. The zero-order valence-electron chi connectivity index (χ0n) is 15.7. The van der Waals surface area contributed by atoms with Gasteiger partial charge >= 0.3 is 11.8 Å². The highest BCUT2D eigenvalue weighted by Gasteiger charge is 2.26. The molecule has 0 atom stereocenters. The molecule has 1 fully saturated rings. The van der Waals surface area contributed by atoms with Gasteiger partial charge in [0, 0.05) is 25.3 Å². The lowest BCUT2D eigenvalue weighted by molar-refractivity contribution is -0.136. The maximum absolute atomic E-state index is 13.8. The Kier molecular flexibility index (Phi) is 6.54. The average Bonchev–Trinajstić information content (AvgIpc) is 2.74. The van der Waals surface area contributed by atoms with Gasteiger partial charge in [0.15, 0.2) is 0 Å². The number of nitrogens with one attached hydrogen (secondary N) is 2. The molecule has 0 radical (unpaired) electrons. The molecule has 1 saturated heterocycles.